The molecule has 129 valence electrons. The van der Waals surface area contributed by atoms with Crippen LogP contribution in [0.25, 0.3) is 0 Å². The second-order valence-corrected chi connectivity index (χ2v) is 11.0. The average molecular weight is 379 g/mol. The smallest absolute Gasteiger partial charge is 0.244 e. The molecule has 0 atom stereocenters. The van der Waals surface area contributed by atoms with Crippen molar-refractivity contribution in [3.05, 3.63) is 121 Å². The molecule has 0 amide bonds. The van der Waals surface area contributed by atoms with E-state index in [2.05, 4.69) is 136 Å². The highest BCUT2D eigenvalue weighted by Gasteiger charge is 2.44. The van der Waals surface area contributed by atoms with Gasteiger partial charge in [-0.25, -0.2) is 0 Å². The van der Waals surface area contributed by atoms with Crippen LogP contribution in [0.4, 0.5) is 5.69 Å². The van der Waals surface area contributed by atoms with Crippen LogP contribution in [0.2, 0.25) is 0 Å². The zero-order chi connectivity index (χ0) is 18.5. The minimum absolute atomic E-state index is 1.15. The summed E-state index contributed by atoms with van der Waals surface area (Å²) in [5.74, 6) is 0. The van der Waals surface area contributed by atoms with Crippen LogP contribution >= 0.6 is 0 Å². The van der Waals surface area contributed by atoms with Crippen molar-refractivity contribution in [1.29, 1.82) is 0 Å². The molecule has 0 spiro atoms. The maximum atomic E-state index is 4.08. The quantitative estimate of drug-likeness (QED) is 0.381. The van der Waals surface area contributed by atoms with Gasteiger partial charge in [0.05, 0.1) is 0 Å². The van der Waals surface area contributed by atoms with Crippen molar-refractivity contribution < 1.29 is 0 Å². The SMILES string of the molecule is [Si]N(c1ccccc1)[Si](c1ccccc1)(c1ccccc1)c1ccccc1. The normalized spacial score (nSPS) is 11.1. The van der Waals surface area contributed by atoms with E-state index in [4.69, 9.17) is 0 Å². The van der Waals surface area contributed by atoms with Gasteiger partial charge in [0.2, 0.25) is 8.24 Å². The molecule has 0 fully saturated rings. The summed E-state index contributed by atoms with van der Waals surface area (Å²) in [6.45, 7) is 0. The van der Waals surface area contributed by atoms with E-state index in [9.17, 15) is 0 Å². The van der Waals surface area contributed by atoms with E-state index < -0.39 is 8.24 Å². The maximum Gasteiger partial charge on any atom is 0.244 e. The Morgan fingerprint density at radius 1 is 0.444 bits per heavy atom. The molecule has 0 bridgehead atoms. The first kappa shape index (κ1) is 17.5. The van der Waals surface area contributed by atoms with Crippen LogP contribution in [0, 0.1) is 0 Å². The molecule has 0 N–H and O–H groups in total. The first-order valence-electron chi connectivity index (χ1n) is 9.06. The molecule has 0 aromatic heterocycles. The Hall–Kier alpha value is -2.89. The van der Waals surface area contributed by atoms with Gasteiger partial charge in [-0.1, -0.05) is 109 Å². The molecule has 3 heteroatoms. The number of benzene rings is 4. The zero-order valence-electron chi connectivity index (χ0n) is 15.0. The molecular formula is C24H20NSi2. The summed E-state index contributed by atoms with van der Waals surface area (Å²) in [5.41, 5.74) is 1.15. The Balaban J connectivity index is 2.07. The fraction of sp³-hybridized carbons (Fsp3) is 0. The van der Waals surface area contributed by atoms with Crippen molar-refractivity contribution in [3.8, 4) is 0 Å². The van der Waals surface area contributed by atoms with E-state index >= 15 is 0 Å². The lowest BCUT2D eigenvalue weighted by Crippen LogP contribution is -2.77. The molecule has 4 rings (SSSR count). The van der Waals surface area contributed by atoms with Gasteiger partial charge >= 0.3 is 0 Å². The van der Waals surface area contributed by atoms with E-state index in [1.165, 1.54) is 15.6 Å². The largest absolute Gasteiger partial charge is 0.416 e. The third kappa shape index (κ3) is 3.16. The third-order valence-electron chi connectivity index (χ3n) is 4.92. The molecule has 0 aliphatic heterocycles. The molecule has 0 aliphatic carbocycles. The molecule has 27 heavy (non-hydrogen) atoms. The molecule has 0 heterocycles. The van der Waals surface area contributed by atoms with Gasteiger partial charge in [0.15, 0.2) is 10.4 Å². The molecule has 0 aliphatic rings. The summed E-state index contributed by atoms with van der Waals surface area (Å²) < 4.78 is 2.33. The first-order valence-corrected chi connectivity index (χ1v) is 11.5. The summed E-state index contributed by atoms with van der Waals surface area (Å²) >= 11 is 0. The van der Waals surface area contributed by atoms with E-state index in [1.807, 2.05) is 0 Å². The van der Waals surface area contributed by atoms with Gasteiger partial charge in [0, 0.05) is 5.69 Å². The highest BCUT2D eigenvalue weighted by atomic mass is 28.4. The van der Waals surface area contributed by atoms with Gasteiger partial charge < -0.3 is 4.23 Å². The van der Waals surface area contributed by atoms with Crippen molar-refractivity contribution in [2.24, 2.45) is 0 Å². The van der Waals surface area contributed by atoms with Crippen LogP contribution in [-0.4, -0.2) is 18.6 Å². The molecule has 4 aromatic rings. The van der Waals surface area contributed by atoms with Gasteiger partial charge in [-0.15, -0.1) is 0 Å². The Morgan fingerprint density at radius 2 is 0.741 bits per heavy atom. The van der Waals surface area contributed by atoms with Crippen LogP contribution in [0.3, 0.4) is 0 Å². The summed E-state index contributed by atoms with van der Waals surface area (Å²) in [5, 5.41) is 4.00. The topological polar surface area (TPSA) is 3.24 Å². The molecular weight excluding hydrogens is 358 g/mol. The zero-order valence-corrected chi connectivity index (χ0v) is 17.0. The summed E-state index contributed by atoms with van der Waals surface area (Å²) in [6, 6.07) is 43.1. The van der Waals surface area contributed by atoms with Crippen molar-refractivity contribution in [1.82, 2.24) is 0 Å². The number of anilines is 1. The van der Waals surface area contributed by atoms with E-state index in [1.54, 1.807) is 0 Å². The lowest BCUT2D eigenvalue weighted by atomic mass is 10.3. The van der Waals surface area contributed by atoms with Gasteiger partial charge in [-0.05, 0) is 27.7 Å². The predicted molar refractivity (Wildman–Crippen MR) is 119 cm³/mol. The van der Waals surface area contributed by atoms with Crippen LogP contribution in [0.15, 0.2) is 121 Å². The molecule has 0 unspecified atom stereocenters. The van der Waals surface area contributed by atoms with E-state index in [-0.39, 0.29) is 0 Å². The van der Waals surface area contributed by atoms with E-state index in [0.29, 0.717) is 0 Å². The molecule has 3 radical (unpaired) electrons. The fourth-order valence-corrected chi connectivity index (χ4v) is 9.34. The van der Waals surface area contributed by atoms with Crippen LogP contribution in [0.1, 0.15) is 0 Å². The predicted octanol–water partition coefficient (Wildman–Crippen LogP) is 3.24. The number of hydrogen-bond donors (Lipinski definition) is 0. The standard InChI is InChI=1S/C24H20NSi2/c26-25(21-13-5-1-6-14-21)27(22-15-7-2-8-16-22,23-17-9-3-10-18-23)24-19-11-4-12-20-24/h1-20H. The molecule has 1 nitrogen and oxygen atoms in total. The minimum atomic E-state index is -2.52. The number of nitrogens with zero attached hydrogens (tertiary/aromatic N) is 1. The van der Waals surface area contributed by atoms with Crippen molar-refractivity contribution in [2.45, 2.75) is 0 Å². The lowest BCUT2D eigenvalue weighted by Gasteiger charge is -2.43. The van der Waals surface area contributed by atoms with Crippen molar-refractivity contribution in [2.75, 3.05) is 4.23 Å². The Morgan fingerprint density at radius 3 is 1.07 bits per heavy atom. The van der Waals surface area contributed by atoms with Crippen LogP contribution < -0.4 is 19.8 Å². The summed E-state index contributed by atoms with van der Waals surface area (Å²) in [6.07, 6.45) is 0. The third-order valence-corrected chi connectivity index (χ3v) is 10.6. The summed E-state index contributed by atoms with van der Waals surface area (Å²) in [7, 11) is 1.56. The van der Waals surface area contributed by atoms with Gasteiger partial charge in [-0.3, -0.25) is 0 Å². The monoisotopic (exact) mass is 378 g/mol. The van der Waals surface area contributed by atoms with Crippen LogP contribution in [-0.2, 0) is 0 Å². The number of rotatable bonds is 5. The molecule has 0 saturated heterocycles. The Kier molecular flexibility index (Phi) is 5.05. The Bertz CT molecular complexity index is 877. The van der Waals surface area contributed by atoms with Gasteiger partial charge in [0.1, 0.15) is 0 Å². The second-order valence-electron chi connectivity index (χ2n) is 6.48. The van der Waals surface area contributed by atoms with Crippen molar-refractivity contribution in [3.63, 3.8) is 0 Å². The number of hydrogen-bond acceptors (Lipinski definition) is 1. The highest BCUT2D eigenvalue weighted by Crippen LogP contribution is 2.20. The number of para-hydroxylation sites is 1. The van der Waals surface area contributed by atoms with Gasteiger partial charge in [-0.2, -0.15) is 0 Å². The van der Waals surface area contributed by atoms with Crippen LogP contribution in [0.5, 0.6) is 0 Å². The van der Waals surface area contributed by atoms with Crippen molar-refractivity contribution >= 4 is 39.9 Å². The van der Waals surface area contributed by atoms with Gasteiger partial charge in [0.25, 0.3) is 0 Å². The first-order chi connectivity index (χ1) is 13.3. The fourth-order valence-electron chi connectivity index (χ4n) is 3.70. The van der Waals surface area contributed by atoms with E-state index in [0.717, 1.165) is 5.69 Å². The molecule has 0 saturated carbocycles. The Labute approximate surface area is 165 Å². The summed E-state index contributed by atoms with van der Waals surface area (Å²) in [4.78, 5) is 0. The maximum absolute atomic E-state index is 4.08. The lowest BCUT2D eigenvalue weighted by molar-refractivity contribution is 1.49. The second kappa shape index (κ2) is 7.78. The minimum Gasteiger partial charge on any atom is -0.416 e. The highest BCUT2D eigenvalue weighted by molar-refractivity contribution is 7.16. The average Bonchev–Trinajstić information content (AvgIpc) is 2.77. The molecule has 4 aromatic carbocycles.